The van der Waals surface area contributed by atoms with Crippen LogP contribution in [0.25, 0.3) is 16.8 Å². The molecule has 2 heterocycles. The third kappa shape index (κ3) is 4.88. The van der Waals surface area contributed by atoms with Crippen molar-refractivity contribution in [2.75, 3.05) is 12.3 Å². The summed E-state index contributed by atoms with van der Waals surface area (Å²) < 4.78 is 59.7. The van der Waals surface area contributed by atoms with Crippen LogP contribution in [0.5, 0.6) is 0 Å². The molecule has 0 aliphatic carbocycles. The maximum absolute atomic E-state index is 15.3. The van der Waals surface area contributed by atoms with Crippen LogP contribution in [0.2, 0.25) is 10.0 Å². The quantitative estimate of drug-likeness (QED) is 0.316. The van der Waals surface area contributed by atoms with Crippen molar-refractivity contribution < 1.29 is 27.5 Å². The zero-order valence-electron chi connectivity index (χ0n) is 17.4. The first-order valence-corrected chi connectivity index (χ1v) is 10.6. The molecule has 1 atom stereocenters. The fourth-order valence-electron chi connectivity index (χ4n) is 3.38. The number of carbonyl (C=O) groups is 1. The Bertz CT molecular complexity index is 1450. The molecule has 0 saturated heterocycles. The second-order valence-electron chi connectivity index (χ2n) is 7.48. The van der Waals surface area contributed by atoms with E-state index in [9.17, 15) is 23.1 Å². The molecule has 2 aromatic heterocycles. The van der Waals surface area contributed by atoms with Crippen LogP contribution in [0, 0.1) is 11.6 Å². The van der Waals surface area contributed by atoms with Crippen molar-refractivity contribution in [3.8, 4) is 11.1 Å². The van der Waals surface area contributed by atoms with Gasteiger partial charge in [0, 0.05) is 22.3 Å². The number of aromatic nitrogens is 3. The molecule has 0 saturated carbocycles. The molecule has 182 valence electrons. The predicted octanol–water partition coefficient (Wildman–Crippen LogP) is 4.66. The highest BCUT2D eigenvalue weighted by atomic mass is 35.5. The topological polar surface area (TPSA) is 106 Å². The monoisotopic (exact) mass is 527 g/mol. The Morgan fingerprint density at radius 1 is 1.17 bits per heavy atom. The minimum Gasteiger partial charge on any atom is -0.382 e. The standard InChI is InChI=1S/C22H15Cl2F4N5O2/c23-11-1-2-13(15(25)8-11)19(34)22(27,28)9-30-20(35)17-14(24)4-3-12(18(17)26)10-5-6-33-16(7-10)31-21(29)32-33/h1-8,19,34H,9H2,(H2,29,32)(H,30,35)/t19-/m0/s1. The van der Waals surface area contributed by atoms with Gasteiger partial charge in [0.25, 0.3) is 11.8 Å². The fourth-order valence-corrected chi connectivity index (χ4v) is 3.77. The number of halogens is 6. The lowest BCUT2D eigenvalue weighted by atomic mass is 10.0. The lowest BCUT2D eigenvalue weighted by Crippen LogP contribution is -2.41. The number of benzene rings is 2. The number of amides is 1. The summed E-state index contributed by atoms with van der Waals surface area (Å²) >= 11 is 11.6. The molecule has 7 nitrogen and oxygen atoms in total. The normalized spacial score (nSPS) is 12.7. The highest BCUT2D eigenvalue weighted by Crippen LogP contribution is 2.34. The molecule has 0 fully saturated rings. The van der Waals surface area contributed by atoms with E-state index in [1.165, 1.54) is 35.0 Å². The number of hydrogen-bond acceptors (Lipinski definition) is 5. The molecule has 35 heavy (non-hydrogen) atoms. The summed E-state index contributed by atoms with van der Waals surface area (Å²) in [6.07, 6.45) is -1.13. The van der Waals surface area contributed by atoms with Crippen molar-refractivity contribution in [2.45, 2.75) is 12.0 Å². The molecule has 4 N–H and O–H groups in total. The van der Waals surface area contributed by atoms with Gasteiger partial charge in [0.15, 0.2) is 5.65 Å². The Kier molecular flexibility index (Phi) is 6.58. The van der Waals surface area contributed by atoms with Gasteiger partial charge in [0.2, 0.25) is 5.95 Å². The summed E-state index contributed by atoms with van der Waals surface area (Å²) in [6.45, 7) is -1.43. The molecule has 0 bridgehead atoms. The first kappa shape index (κ1) is 24.7. The van der Waals surface area contributed by atoms with Crippen LogP contribution in [0.4, 0.5) is 23.5 Å². The SMILES string of the molecule is Nc1nc2cc(-c3ccc(Cl)c(C(=O)NCC(F)(F)[C@@H](O)c4ccc(Cl)cc4F)c3F)ccn2n1. The van der Waals surface area contributed by atoms with Crippen LogP contribution in [-0.2, 0) is 0 Å². The van der Waals surface area contributed by atoms with E-state index in [-0.39, 0.29) is 21.6 Å². The number of nitrogens with two attached hydrogens (primary N) is 1. The number of alkyl halides is 2. The number of aliphatic hydroxyl groups excluding tert-OH is 1. The molecule has 0 aliphatic heterocycles. The average Bonchev–Trinajstić information content (AvgIpc) is 3.16. The van der Waals surface area contributed by atoms with Gasteiger partial charge < -0.3 is 16.2 Å². The number of hydrogen-bond donors (Lipinski definition) is 3. The first-order valence-electron chi connectivity index (χ1n) is 9.87. The van der Waals surface area contributed by atoms with Crippen LogP contribution < -0.4 is 11.1 Å². The number of nitrogens with zero attached hydrogens (tertiary/aromatic N) is 3. The Morgan fingerprint density at radius 2 is 1.91 bits per heavy atom. The number of rotatable bonds is 6. The van der Waals surface area contributed by atoms with Crippen molar-refractivity contribution in [3.05, 3.63) is 81.5 Å². The lowest BCUT2D eigenvalue weighted by molar-refractivity contribution is -0.107. The van der Waals surface area contributed by atoms with Gasteiger partial charge in [-0.3, -0.25) is 4.79 Å². The van der Waals surface area contributed by atoms with Crippen LogP contribution in [-0.4, -0.2) is 38.1 Å². The van der Waals surface area contributed by atoms with E-state index in [2.05, 4.69) is 10.1 Å². The van der Waals surface area contributed by atoms with Crippen molar-refractivity contribution in [2.24, 2.45) is 0 Å². The van der Waals surface area contributed by atoms with E-state index in [0.717, 1.165) is 18.2 Å². The van der Waals surface area contributed by atoms with E-state index >= 15 is 4.39 Å². The van der Waals surface area contributed by atoms with Gasteiger partial charge in [-0.2, -0.15) is 4.98 Å². The smallest absolute Gasteiger partial charge is 0.294 e. The average molecular weight is 528 g/mol. The first-order chi connectivity index (χ1) is 16.5. The third-order valence-corrected chi connectivity index (χ3v) is 5.67. The molecule has 0 spiro atoms. The predicted molar refractivity (Wildman–Crippen MR) is 121 cm³/mol. The minimum atomic E-state index is -4.01. The number of anilines is 1. The molecule has 0 unspecified atom stereocenters. The van der Waals surface area contributed by atoms with Crippen molar-refractivity contribution in [1.82, 2.24) is 19.9 Å². The molecule has 0 aliphatic rings. The molecule has 2 aromatic carbocycles. The molecular formula is C22H15Cl2F4N5O2. The maximum atomic E-state index is 15.3. The van der Waals surface area contributed by atoms with Crippen LogP contribution in [0.15, 0.2) is 48.7 Å². The fraction of sp³-hybridized carbons (Fsp3) is 0.136. The van der Waals surface area contributed by atoms with Crippen LogP contribution in [0.3, 0.4) is 0 Å². The second-order valence-corrected chi connectivity index (χ2v) is 8.33. The number of fused-ring (bicyclic) bond motifs is 1. The molecule has 4 rings (SSSR count). The summed E-state index contributed by atoms with van der Waals surface area (Å²) in [4.78, 5) is 16.6. The highest BCUT2D eigenvalue weighted by Gasteiger charge is 2.41. The number of nitrogens with one attached hydrogen (secondary N) is 1. The van der Waals surface area contributed by atoms with Gasteiger partial charge in [0.05, 0.1) is 17.1 Å². The number of pyridine rings is 1. The summed E-state index contributed by atoms with van der Waals surface area (Å²) in [5, 5.41) is 15.4. The summed E-state index contributed by atoms with van der Waals surface area (Å²) in [6, 6.07) is 8.28. The van der Waals surface area contributed by atoms with Crippen molar-refractivity contribution >= 4 is 40.7 Å². The number of carbonyl (C=O) groups excluding carboxylic acids is 1. The highest BCUT2D eigenvalue weighted by molar-refractivity contribution is 6.34. The van der Waals surface area contributed by atoms with Gasteiger partial charge in [-0.05, 0) is 42.0 Å². The zero-order chi connectivity index (χ0) is 25.5. The summed E-state index contributed by atoms with van der Waals surface area (Å²) in [5.41, 5.74) is 4.69. The van der Waals surface area contributed by atoms with Gasteiger partial charge in [-0.1, -0.05) is 29.3 Å². The van der Waals surface area contributed by atoms with E-state index in [4.69, 9.17) is 28.9 Å². The van der Waals surface area contributed by atoms with Crippen LogP contribution in [0.1, 0.15) is 22.0 Å². The minimum absolute atomic E-state index is 0.000363. The zero-order valence-corrected chi connectivity index (χ0v) is 19.0. The largest absolute Gasteiger partial charge is 0.382 e. The van der Waals surface area contributed by atoms with Crippen molar-refractivity contribution in [1.29, 1.82) is 0 Å². The summed E-state index contributed by atoms with van der Waals surface area (Å²) in [7, 11) is 0. The second kappa shape index (κ2) is 9.33. The maximum Gasteiger partial charge on any atom is 0.294 e. The number of aliphatic hydroxyl groups is 1. The van der Waals surface area contributed by atoms with Gasteiger partial charge in [-0.25, -0.2) is 22.1 Å². The van der Waals surface area contributed by atoms with E-state index < -0.39 is 47.2 Å². The van der Waals surface area contributed by atoms with Gasteiger partial charge in [0.1, 0.15) is 17.7 Å². The van der Waals surface area contributed by atoms with Gasteiger partial charge in [-0.15, -0.1) is 5.10 Å². The Hall–Kier alpha value is -3.41. The molecule has 13 heteroatoms. The Balaban J connectivity index is 1.58. The third-order valence-electron chi connectivity index (χ3n) is 5.12. The molecule has 0 radical (unpaired) electrons. The van der Waals surface area contributed by atoms with Gasteiger partial charge >= 0.3 is 0 Å². The van der Waals surface area contributed by atoms with E-state index in [1.807, 2.05) is 5.32 Å². The van der Waals surface area contributed by atoms with Crippen LogP contribution >= 0.6 is 23.2 Å². The number of nitrogen functional groups attached to an aromatic ring is 1. The molecule has 1 amide bonds. The molecular weight excluding hydrogens is 513 g/mol. The lowest BCUT2D eigenvalue weighted by Gasteiger charge is -2.24. The molecule has 4 aromatic rings. The van der Waals surface area contributed by atoms with E-state index in [1.54, 1.807) is 0 Å². The Morgan fingerprint density at radius 3 is 2.63 bits per heavy atom. The summed E-state index contributed by atoms with van der Waals surface area (Å²) in [5.74, 6) is -7.49. The van der Waals surface area contributed by atoms with E-state index in [0.29, 0.717) is 11.2 Å². The Labute approximate surface area is 205 Å². The van der Waals surface area contributed by atoms with Crippen molar-refractivity contribution in [3.63, 3.8) is 0 Å².